The lowest BCUT2D eigenvalue weighted by atomic mass is 10.1. The molecule has 1 unspecified atom stereocenters. The fourth-order valence-electron chi connectivity index (χ4n) is 1.72. The number of amides is 1. The first kappa shape index (κ1) is 14.0. The van der Waals surface area contributed by atoms with Gasteiger partial charge in [-0.2, -0.15) is 5.26 Å². The van der Waals surface area contributed by atoms with Gasteiger partial charge in [0, 0.05) is 5.02 Å². The normalized spacial score (nSPS) is 11.4. The van der Waals surface area contributed by atoms with Crippen molar-refractivity contribution < 1.29 is 9.18 Å². The van der Waals surface area contributed by atoms with Crippen LogP contribution >= 0.6 is 11.6 Å². The molecule has 0 aliphatic rings. The Kier molecular flexibility index (Phi) is 4.34. The summed E-state index contributed by atoms with van der Waals surface area (Å²) in [6, 6.07) is 13.6. The van der Waals surface area contributed by atoms with E-state index in [1.165, 1.54) is 12.1 Å². The Labute approximate surface area is 120 Å². The highest BCUT2D eigenvalue weighted by Gasteiger charge is 2.17. The highest BCUT2D eigenvalue weighted by molar-refractivity contribution is 6.30. The van der Waals surface area contributed by atoms with Crippen molar-refractivity contribution in [1.82, 2.24) is 5.32 Å². The summed E-state index contributed by atoms with van der Waals surface area (Å²) in [5.41, 5.74) is 0.489. The molecule has 0 aromatic heterocycles. The molecule has 0 aliphatic heterocycles. The molecule has 0 bridgehead atoms. The molecule has 20 heavy (non-hydrogen) atoms. The number of carbonyl (C=O) groups is 1. The molecule has 1 amide bonds. The van der Waals surface area contributed by atoms with E-state index in [-0.39, 0.29) is 10.6 Å². The van der Waals surface area contributed by atoms with Crippen LogP contribution in [0.1, 0.15) is 22.0 Å². The van der Waals surface area contributed by atoms with Crippen molar-refractivity contribution in [3.8, 4) is 6.07 Å². The van der Waals surface area contributed by atoms with Crippen LogP contribution in [-0.4, -0.2) is 5.91 Å². The summed E-state index contributed by atoms with van der Waals surface area (Å²) in [5, 5.41) is 11.8. The summed E-state index contributed by atoms with van der Waals surface area (Å²) in [6.07, 6.45) is 0. The zero-order chi connectivity index (χ0) is 14.5. The van der Waals surface area contributed by atoms with Crippen molar-refractivity contribution in [3.63, 3.8) is 0 Å². The first-order valence-corrected chi connectivity index (χ1v) is 6.20. The summed E-state index contributed by atoms with van der Waals surface area (Å²) in [5.74, 6) is -1.38. The zero-order valence-electron chi connectivity index (χ0n) is 10.3. The van der Waals surface area contributed by atoms with Gasteiger partial charge in [0.1, 0.15) is 11.9 Å². The largest absolute Gasteiger partial charge is 0.332 e. The lowest BCUT2D eigenvalue weighted by molar-refractivity contribution is 0.0941. The SMILES string of the molecule is N#CC(NC(=O)c1ccc(Cl)cc1F)c1ccccc1. The van der Waals surface area contributed by atoms with Crippen molar-refractivity contribution in [2.24, 2.45) is 0 Å². The average molecular weight is 289 g/mol. The fraction of sp³-hybridized carbons (Fsp3) is 0.0667. The van der Waals surface area contributed by atoms with Gasteiger partial charge < -0.3 is 5.32 Å². The van der Waals surface area contributed by atoms with Gasteiger partial charge in [-0.25, -0.2) is 4.39 Å². The number of nitrogens with zero attached hydrogens (tertiary/aromatic N) is 1. The number of hydrogen-bond acceptors (Lipinski definition) is 2. The summed E-state index contributed by atoms with van der Waals surface area (Å²) in [6.45, 7) is 0. The van der Waals surface area contributed by atoms with E-state index in [2.05, 4.69) is 5.32 Å². The standard InChI is InChI=1S/C15H10ClFN2O/c16-11-6-7-12(13(17)8-11)15(20)19-14(9-18)10-4-2-1-3-5-10/h1-8,14H,(H,19,20). The van der Waals surface area contributed by atoms with E-state index in [0.717, 1.165) is 6.07 Å². The minimum Gasteiger partial charge on any atom is -0.332 e. The molecule has 0 fully saturated rings. The monoisotopic (exact) mass is 288 g/mol. The third-order valence-electron chi connectivity index (χ3n) is 2.71. The molecule has 0 saturated carbocycles. The molecule has 1 N–H and O–H groups in total. The molecule has 5 heteroatoms. The zero-order valence-corrected chi connectivity index (χ0v) is 11.1. The second-order valence-corrected chi connectivity index (χ2v) is 4.51. The van der Waals surface area contributed by atoms with E-state index in [9.17, 15) is 9.18 Å². The van der Waals surface area contributed by atoms with E-state index in [1.54, 1.807) is 30.3 Å². The van der Waals surface area contributed by atoms with Gasteiger partial charge in [-0.1, -0.05) is 41.9 Å². The minimum atomic E-state index is -0.834. The van der Waals surface area contributed by atoms with Crippen LogP contribution in [-0.2, 0) is 0 Å². The molecule has 2 aromatic rings. The van der Waals surface area contributed by atoms with Crippen molar-refractivity contribution in [2.75, 3.05) is 0 Å². The maximum atomic E-state index is 13.6. The number of nitrogens with one attached hydrogen (secondary N) is 1. The third-order valence-corrected chi connectivity index (χ3v) is 2.95. The molecule has 1 atom stereocenters. The molecule has 2 rings (SSSR count). The Balaban J connectivity index is 2.20. The predicted molar refractivity (Wildman–Crippen MR) is 73.7 cm³/mol. The van der Waals surface area contributed by atoms with E-state index < -0.39 is 17.8 Å². The number of rotatable bonds is 3. The predicted octanol–water partition coefficient (Wildman–Crippen LogP) is 3.47. The second-order valence-electron chi connectivity index (χ2n) is 4.07. The van der Waals surface area contributed by atoms with Gasteiger partial charge in [0.2, 0.25) is 0 Å². The van der Waals surface area contributed by atoms with Gasteiger partial charge >= 0.3 is 0 Å². The molecule has 0 spiro atoms. The van der Waals surface area contributed by atoms with Crippen LogP contribution in [0.4, 0.5) is 4.39 Å². The van der Waals surface area contributed by atoms with Gasteiger partial charge in [-0.15, -0.1) is 0 Å². The molecule has 0 saturated heterocycles. The topological polar surface area (TPSA) is 52.9 Å². The van der Waals surface area contributed by atoms with Gasteiger partial charge in [0.05, 0.1) is 11.6 Å². The summed E-state index contributed by atoms with van der Waals surface area (Å²) in [7, 11) is 0. The molecular weight excluding hydrogens is 279 g/mol. The molecule has 0 heterocycles. The smallest absolute Gasteiger partial charge is 0.255 e. The van der Waals surface area contributed by atoms with Crippen LogP contribution in [0.3, 0.4) is 0 Å². The lowest BCUT2D eigenvalue weighted by Crippen LogP contribution is -2.28. The number of nitriles is 1. The lowest BCUT2D eigenvalue weighted by Gasteiger charge is -2.12. The molecule has 0 aliphatic carbocycles. The first-order valence-electron chi connectivity index (χ1n) is 5.82. The van der Waals surface area contributed by atoms with Crippen LogP contribution in [0.15, 0.2) is 48.5 Å². The Bertz CT molecular complexity index is 667. The molecule has 100 valence electrons. The number of hydrogen-bond donors (Lipinski definition) is 1. The first-order chi connectivity index (χ1) is 9.61. The minimum absolute atomic E-state index is 0.148. The van der Waals surface area contributed by atoms with Crippen LogP contribution < -0.4 is 5.32 Å². The Morgan fingerprint density at radius 1 is 1.25 bits per heavy atom. The average Bonchev–Trinajstić information content (AvgIpc) is 2.45. The van der Waals surface area contributed by atoms with E-state index in [1.807, 2.05) is 6.07 Å². The highest BCUT2D eigenvalue weighted by Crippen LogP contribution is 2.17. The molecule has 0 radical (unpaired) electrons. The number of halogens is 2. The van der Waals surface area contributed by atoms with Crippen LogP contribution in [0, 0.1) is 17.1 Å². The van der Waals surface area contributed by atoms with Crippen LogP contribution in [0.25, 0.3) is 0 Å². The van der Waals surface area contributed by atoms with E-state index in [4.69, 9.17) is 16.9 Å². The van der Waals surface area contributed by atoms with Crippen LogP contribution in [0.5, 0.6) is 0 Å². The van der Waals surface area contributed by atoms with Gasteiger partial charge in [0.25, 0.3) is 5.91 Å². The maximum absolute atomic E-state index is 13.6. The van der Waals surface area contributed by atoms with E-state index in [0.29, 0.717) is 5.56 Å². The van der Waals surface area contributed by atoms with Crippen molar-refractivity contribution in [3.05, 3.63) is 70.5 Å². The van der Waals surface area contributed by atoms with Gasteiger partial charge in [-0.3, -0.25) is 4.79 Å². The third kappa shape index (κ3) is 3.14. The second kappa shape index (κ2) is 6.18. The quantitative estimate of drug-likeness (QED) is 0.940. The van der Waals surface area contributed by atoms with E-state index >= 15 is 0 Å². The van der Waals surface area contributed by atoms with Crippen LogP contribution in [0.2, 0.25) is 5.02 Å². The molecule has 2 aromatic carbocycles. The van der Waals surface area contributed by atoms with Gasteiger partial charge in [0.15, 0.2) is 0 Å². The Hall–Kier alpha value is -2.38. The summed E-state index contributed by atoms with van der Waals surface area (Å²) >= 11 is 5.63. The highest BCUT2D eigenvalue weighted by atomic mass is 35.5. The number of benzene rings is 2. The summed E-state index contributed by atoms with van der Waals surface area (Å²) < 4.78 is 13.6. The van der Waals surface area contributed by atoms with Crippen molar-refractivity contribution in [2.45, 2.75) is 6.04 Å². The Morgan fingerprint density at radius 3 is 2.55 bits per heavy atom. The summed E-state index contributed by atoms with van der Waals surface area (Å²) in [4.78, 5) is 12.0. The Morgan fingerprint density at radius 2 is 1.95 bits per heavy atom. The molecular formula is C15H10ClFN2O. The van der Waals surface area contributed by atoms with Gasteiger partial charge in [-0.05, 0) is 23.8 Å². The number of carbonyl (C=O) groups excluding carboxylic acids is 1. The molecule has 3 nitrogen and oxygen atoms in total. The maximum Gasteiger partial charge on any atom is 0.255 e. The van der Waals surface area contributed by atoms with Crippen molar-refractivity contribution >= 4 is 17.5 Å². The fourth-order valence-corrected chi connectivity index (χ4v) is 1.88. The van der Waals surface area contributed by atoms with Crippen molar-refractivity contribution in [1.29, 1.82) is 5.26 Å².